The maximum Gasteiger partial charge on any atom is 0.217 e. The van der Waals surface area contributed by atoms with Crippen LogP contribution in [0.2, 0.25) is 0 Å². The standard InChI is InChI=1S/C20H21N5O2/c1-12(26)22-11-17-24-18(13-4-6-14(7-5-13)20(2,3)27)16-10-23-19-15(25(16)17)8-9-21-19/h4-10,21,27H,11H2,1-3H3,(H,22,26). The molecule has 7 nitrogen and oxygen atoms in total. The van der Waals surface area contributed by atoms with Gasteiger partial charge in [0.15, 0.2) is 5.65 Å². The molecule has 0 aliphatic carbocycles. The summed E-state index contributed by atoms with van der Waals surface area (Å²) in [5.74, 6) is 0.621. The molecule has 0 aliphatic heterocycles. The lowest BCUT2D eigenvalue weighted by atomic mass is 9.97. The fourth-order valence-electron chi connectivity index (χ4n) is 3.20. The van der Waals surface area contributed by atoms with Crippen molar-refractivity contribution in [2.75, 3.05) is 0 Å². The number of hydrogen-bond donors (Lipinski definition) is 3. The normalized spacial score (nSPS) is 12.0. The van der Waals surface area contributed by atoms with E-state index in [4.69, 9.17) is 4.98 Å². The molecular weight excluding hydrogens is 342 g/mol. The maximum absolute atomic E-state index is 11.4. The molecule has 7 heteroatoms. The van der Waals surface area contributed by atoms with Gasteiger partial charge in [-0.25, -0.2) is 9.97 Å². The van der Waals surface area contributed by atoms with Gasteiger partial charge in [-0.05, 0) is 25.5 Å². The van der Waals surface area contributed by atoms with E-state index in [9.17, 15) is 9.90 Å². The Morgan fingerprint density at radius 2 is 1.96 bits per heavy atom. The zero-order valence-electron chi connectivity index (χ0n) is 15.4. The largest absolute Gasteiger partial charge is 0.386 e. The fraction of sp³-hybridized carbons (Fsp3) is 0.250. The lowest BCUT2D eigenvalue weighted by Crippen LogP contribution is -2.20. The number of fused-ring (bicyclic) bond motifs is 3. The minimum Gasteiger partial charge on any atom is -0.386 e. The Labute approximate surface area is 156 Å². The van der Waals surface area contributed by atoms with E-state index in [-0.39, 0.29) is 5.91 Å². The Morgan fingerprint density at radius 3 is 2.63 bits per heavy atom. The van der Waals surface area contributed by atoms with E-state index in [2.05, 4.69) is 15.3 Å². The number of amides is 1. The summed E-state index contributed by atoms with van der Waals surface area (Å²) in [7, 11) is 0. The molecule has 138 valence electrons. The summed E-state index contributed by atoms with van der Waals surface area (Å²) in [4.78, 5) is 23.7. The van der Waals surface area contributed by atoms with Gasteiger partial charge in [0.1, 0.15) is 5.82 Å². The van der Waals surface area contributed by atoms with Gasteiger partial charge in [0.25, 0.3) is 0 Å². The van der Waals surface area contributed by atoms with Crippen molar-refractivity contribution >= 4 is 22.6 Å². The molecule has 4 aromatic rings. The van der Waals surface area contributed by atoms with E-state index in [0.29, 0.717) is 6.54 Å². The highest BCUT2D eigenvalue weighted by Crippen LogP contribution is 2.29. The van der Waals surface area contributed by atoms with Gasteiger partial charge in [-0.15, -0.1) is 0 Å². The molecule has 1 aromatic carbocycles. The molecule has 0 saturated heterocycles. The van der Waals surface area contributed by atoms with Crippen molar-refractivity contribution in [3.63, 3.8) is 0 Å². The number of hydrogen-bond acceptors (Lipinski definition) is 4. The molecule has 1 amide bonds. The van der Waals surface area contributed by atoms with E-state index in [1.807, 2.05) is 40.9 Å². The molecule has 0 radical (unpaired) electrons. The zero-order valence-corrected chi connectivity index (χ0v) is 15.4. The molecule has 3 heterocycles. The second-order valence-electron chi connectivity index (χ2n) is 7.11. The van der Waals surface area contributed by atoms with Gasteiger partial charge in [0.05, 0.1) is 35.1 Å². The van der Waals surface area contributed by atoms with Crippen LogP contribution in [0.5, 0.6) is 0 Å². The first-order valence-electron chi connectivity index (χ1n) is 8.76. The quantitative estimate of drug-likeness (QED) is 0.519. The Kier molecular flexibility index (Phi) is 3.96. The summed E-state index contributed by atoms with van der Waals surface area (Å²) in [6, 6.07) is 9.63. The highest BCUT2D eigenvalue weighted by Gasteiger charge is 2.19. The van der Waals surface area contributed by atoms with E-state index in [1.165, 1.54) is 6.92 Å². The third-order valence-corrected chi connectivity index (χ3v) is 4.60. The first-order chi connectivity index (χ1) is 12.8. The first kappa shape index (κ1) is 17.2. The van der Waals surface area contributed by atoms with Crippen LogP contribution in [0.3, 0.4) is 0 Å². The van der Waals surface area contributed by atoms with Crippen molar-refractivity contribution in [3.05, 3.63) is 54.1 Å². The van der Waals surface area contributed by atoms with Gasteiger partial charge >= 0.3 is 0 Å². The van der Waals surface area contributed by atoms with Crippen LogP contribution in [0, 0.1) is 0 Å². The number of imidazole rings is 1. The van der Waals surface area contributed by atoms with Crippen LogP contribution in [-0.4, -0.2) is 30.4 Å². The number of rotatable bonds is 4. The number of carbonyl (C=O) groups excluding carboxylic acids is 1. The number of carbonyl (C=O) groups is 1. The predicted octanol–water partition coefficient (Wildman–Crippen LogP) is 2.74. The smallest absolute Gasteiger partial charge is 0.217 e. The number of H-pyrrole nitrogens is 1. The second kappa shape index (κ2) is 6.21. The van der Waals surface area contributed by atoms with Crippen LogP contribution in [0.1, 0.15) is 32.2 Å². The van der Waals surface area contributed by atoms with Crippen molar-refractivity contribution in [2.24, 2.45) is 0 Å². The van der Waals surface area contributed by atoms with Crippen LogP contribution in [0.15, 0.2) is 42.7 Å². The average molecular weight is 363 g/mol. The molecule has 3 aromatic heterocycles. The van der Waals surface area contributed by atoms with E-state index in [1.54, 1.807) is 20.0 Å². The van der Waals surface area contributed by atoms with E-state index >= 15 is 0 Å². The maximum atomic E-state index is 11.4. The van der Waals surface area contributed by atoms with Crippen molar-refractivity contribution in [2.45, 2.75) is 32.9 Å². The van der Waals surface area contributed by atoms with Crippen LogP contribution >= 0.6 is 0 Å². The number of aromatic amines is 1. The molecule has 0 saturated carbocycles. The molecule has 0 spiro atoms. The molecule has 0 bridgehead atoms. The minimum absolute atomic E-state index is 0.109. The number of aromatic nitrogens is 4. The highest BCUT2D eigenvalue weighted by atomic mass is 16.3. The van der Waals surface area contributed by atoms with Gasteiger partial charge in [0.2, 0.25) is 5.91 Å². The molecule has 0 fully saturated rings. The monoisotopic (exact) mass is 363 g/mol. The van der Waals surface area contributed by atoms with Crippen molar-refractivity contribution in [3.8, 4) is 11.3 Å². The van der Waals surface area contributed by atoms with E-state index in [0.717, 1.165) is 39.3 Å². The van der Waals surface area contributed by atoms with Crippen LogP contribution in [0.25, 0.3) is 27.9 Å². The summed E-state index contributed by atoms with van der Waals surface area (Å²) in [5, 5.41) is 13.0. The SMILES string of the molecule is CC(=O)NCc1nc(-c2ccc(C(C)(C)O)cc2)c2cnc3[nH]ccc3n12. The van der Waals surface area contributed by atoms with Crippen LogP contribution in [0.4, 0.5) is 0 Å². The third-order valence-electron chi connectivity index (χ3n) is 4.60. The van der Waals surface area contributed by atoms with Crippen LogP contribution in [-0.2, 0) is 16.9 Å². The topological polar surface area (TPSA) is 95.3 Å². The highest BCUT2D eigenvalue weighted by molar-refractivity contribution is 5.84. The molecule has 0 unspecified atom stereocenters. The molecule has 0 atom stereocenters. The zero-order chi connectivity index (χ0) is 19.2. The Balaban J connectivity index is 1.89. The lowest BCUT2D eigenvalue weighted by Gasteiger charge is -2.17. The van der Waals surface area contributed by atoms with Crippen molar-refractivity contribution < 1.29 is 9.90 Å². The van der Waals surface area contributed by atoms with Gasteiger partial charge in [-0.1, -0.05) is 24.3 Å². The minimum atomic E-state index is -0.899. The lowest BCUT2D eigenvalue weighted by molar-refractivity contribution is -0.119. The predicted molar refractivity (Wildman–Crippen MR) is 103 cm³/mol. The molecule has 3 N–H and O–H groups in total. The summed E-state index contributed by atoms with van der Waals surface area (Å²) in [6.45, 7) is 5.32. The average Bonchev–Trinajstić information content (AvgIpc) is 3.23. The number of aliphatic hydroxyl groups is 1. The number of nitrogens with one attached hydrogen (secondary N) is 2. The number of nitrogens with zero attached hydrogens (tertiary/aromatic N) is 3. The fourth-order valence-corrected chi connectivity index (χ4v) is 3.20. The van der Waals surface area contributed by atoms with Gasteiger partial charge in [0, 0.05) is 18.7 Å². The molecule has 27 heavy (non-hydrogen) atoms. The number of benzene rings is 1. The second-order valence-corrected chi connectivity index (χ2v) is 7.11. The van der Waals surface area contributed by atoms with Crippen molar-refractivity contribution in [1.82, 2.24) is 24.7 Å². The van der Waals surface area contributed by atoms with Crippen molar-refractivity contribution in [1.29, 1.82) is 0 Å². The van der Waals surface area contributed by atoms with Gasteiger partial charge in [-0.3, -0.25) is 9.20 Å². The van der Waals surface area contributed by atoms with E-state index < -0.39 is 5.60 Å². The summed E-state index contributed by atoms with van der Waals surface area (Å²) in [6.07, 6.45) is 3.61. The molecule has 4 rings (SSSR count). The Morgan fingerprint density at radius 1 is 1.22 bits per heavy atom. The van der Waals surface area contributed by atoms with Gasteiger partial charge in [-0.2, -0.15) is 0 Å². The summed E-state index contributed by atoms with van der Waals surface area (Å²) >= 11 is 0. The summed E-state index contributed by atoms with van der Waals surface area (Å²) < 4.78 is 2.01. The molecular formula is C20H21N5O2. The Bertz CT molecular complexity index is 1130. The first-order valence-corrected chi connectivity index (χ1v) is 8.76. The van der Waals surface area contributed by atoms with Crippen LogP contribution < -0.4 is 5.32 Å². The molecule has 0 aliphatic rings. The van der Waals surface area contributed by atoms with Gasteiger partial charge < -0.3 is 15.4 Å². The third kappa shape index (κ3) is 3.06. The summed E-state index contributed by atoms with van der Waals surface area (Å²) in [5.41, 5.74) is 4.16. The Hall–Kier alpha value is -3.19.